The molecule has 0 spiro atoms. The summed E-state index contributed by atoms with van der Waals surface area (Å²) in [7, 11) is 1.77. The highest BCUT2D eigenvalue weighted by molar-refractivity contribution is 7.98. The summed E-state index contributed by atoms with van der Waals surface area (Å²) in [4.78, 5) is 20.0. The lowest BCUT2D eigenvalue weighted by Gasteiger charge is -2.16. The molecule has 29 heavy (non-hydrogen) atoms. The van der Waals surface area contributed by atoms with Gasteiger partial charge in [0.05, 0.1) is 0 Å². The number of hydrogen-bond donors (Lipinski definition) is 2. The van der Waals surface area contributed by atoms with Crippen LogP contribution in [0.4, 0.5) is 0 Å². The van der Waals surface area contributed by atoms with Crippen molar-refractivity contribution in [3.05, 3.63) is 64.7 Å². The van der Waals surface area contributed by atoms with Crippen LogP contribution >= 0.6 is 11.8 Å². The van der Waals surface area contributed by atoms with Crippen LogP contribution in [0.1, 0.15) is 35.1 Å². The van der Waals surface area contributed by atoms with Gasteiger partial charge in [0.2, 0.25) is 5.91 Å². The van der Waals surface area contributed by atoms with Crippen molar-refractivity contribution in [3.63, 3.8) is 0 Å². The number of carbonyl (C=O) groups excluding carboxylic acids is 1. The Hall–Kier alpha value is -2.47. The molecule has 2 aromatic carbocycles. The second-order valence-electron chi connectivity index (χ2n) is 7.29. The van der Waals surface area contributed by atoms with E-state index in [0.717, 1.165) is 38.6 Å². The Bertz CT molecular complexity index is 856. The number of thioether (sulfide) groups is 1. The number of amides is 1. The lowest BCUT2D eigenvalue weighted by Crippen LogP contribution is -2.37. The van der Waals surface area contributed by atoms with E-state index in [2.05, 4.69) is 59.1 Å². The molecule has 1 aliphatic heterocycles. The van der Waals surface area contributed by atoms with Crippen LogP contribution in [0.5, 0.6) is 0 Å². The molecule has 2 aromatic rings. The number of hydrogen-bond acceptors (Lipinski definition) is 3. The molecule has 0 unspecified atom stereocenters. The van der Waals surface area contributed by atoms with Crippen molar-refractivity contribution in [3.8, 4) is 0 Å². The highest BCUT2D eigenvalue weighted by Crippen LogP contribution is 2.23. The maximum Gasteiger partial charge on any atom is 0.223 e. The minimum absolute atomic E-state index is 0.218. The number of aryl methyl sites for hydroxylation is 1. The third-order valence-corrected chi connectivity index (χ3v) is 5.99. The van der Waals surface area contributed by atoms with E-state index in [4.69, 9.17) is 0 Å². The third kappa shape index (κ3) is 5.76. The molecule has 0 saturated heterocycles. The fourth-order valence-corrected chi connectivity index (χ4v) is 4.22. The first-order chi connectivity index (χ1) is 14.1. The Morgan fingerprint density at radius 1 is 1.14 bits per heavy atom. The third-order valence-electron chi connectivity index (χ3n) is 5.17. The molecule has 5 nitrogen and oxygen atoms in total. The van der Waals surface area contributed by atoms with Crippen LogP contribution in [0, 0.1) is 6.92 Å². The summed E-state index contributed by atoms with van der Waals surface area (Å²) < 4.78 is 0. The molecule has 0 bridgehead atoms. The smallest absolute Gasteiger partial charge is 0.223 e. The molecule has 0 radical (unpaired) electrons. The number of aliphatic imine (C=N–C) groups is 1. The standard InChI is InChI=1S/C23H30N4OS/c1-17-10-11-18(21(13-17)29-3)14-26-23(24-2)25-12-6-9-22(28)27-15-19-7-4-5-8-20(19)16-27/h4-5,7-8,10-11,13H,6,9,12,14-16H2,1-3H3,(H2,24,25,26). The Kier molecular flexibility index (Phi) is 7.58. The summed E-state index contributed by atoms with van der Waals surface area (Å²) in [6.07, 6.45) is 3.43. The molecule has 0 atom stereocenters. The average Bonchev–Trinajstić information content (AvgIpc) is 3.18. The highest BCUT2D eigenvalue weighted by Gasteiger charge is 2.22. The maximum absolute atomic E-state index is 12.5. The molecule has 2 N–H and O–H groups in total. The van der Waals surface area contributed by atoms with Gasteiger partial charge in [-0.3, -0.25) is 9.79 Å². The second-order valence-corrected chi connectivity index (χ2v) is 8.14. The summed E-state index contributed by atoms with van der Waals surface area (Å²) in [5.41, 5.74) is 5.06. The van der Waals surface area contributed by atoms with Gasteiger partial charge in [-0.2, -0.15) is 0 Å². The van der Waals surface area contributed by atoms with Crippen molar-refractivity contribution in [1.82, 2.24) is 15.5 Å². The minimum Gasteiger partial charge on any atom is -0.356 e. The molecule has 3 rings (SSSR count). The number of guanidine groups is 1. The van der Waals surface area contributed by atoms with Crippen molar-refractivity contribution in [2.45, 2.75) is 44.3 Å². The minimum atomic E-state index is 0.218. The molecule has 1 heterocycles. The summed E-state index contributed by atoms with van der Waals surface area (Å²) in [6, 6.07) is 14.8. The predicted octanol–water partition coefficient (Wildman–Crippen LogP) is 3.70. The van der Waals surface area contributed by atoms with Gasteiger partial charge in [0.1, 0.15) is 0 Å². The molecule has 154 valence electrons. The summed E-state index contributed by atoms with van der Waals surface area (Å²) >= 11 is 1.76. The summed E-state index contributed by atoms with van der Waals surface area (Å²) in [5.74, 6) is 0.980. The summed E-state index contributed by atoms with van der Waals surface area (Å²) in [5, 5.41) is 6.68. The lowest BCUT2D eigenvalue weighted by molar-refractivity contribution is -0.131. The fraction of sp³-hybridized carbons (Fsp3) is 0.391. The molecule has 0 aliphatic carbocycles. The monoisotopic (exact) mass is 410 g/mol. The zero-order valence-corrected chi connectivity index (χ0v) is 18.3. The quantitative estimate of drug-likeness (QED) is 0.316. The van der Waals surface area contributed by atoms with E-state index in [1.807, 2.05) is 17.0 Å². The van der Waals surface area contributed by atoms with Gasteiger partial charge >= 0.3 is 0 Å². The van der Waals surface area contributed by atoms with Crippen LogP contribution in [-0.2, 0) is 24.4 Å². The van der Waals surface area contributed by atoms with E-state index in [-0.39, 0.29) is 5.91 Å². The molecule has 6 heteroatoms. The van der Waals surface area contributed by atoms with E-state index >= 15 is 0 Å². The zero-order valence-electron chi connectivity index (χ0n) is 17.5. The number of nitrogens with one attached hydrogen (secondary N) is 2. The Labute approximate surface area is 178 Å². The Morgan fingerprint density at radius 2 is 1.86 bits per heavy atom. The van der Waals surface area contributed by atoms with Gasteiger partial charge in [-0.25, -0.2) is 0 Å². The molecular formula is C23H30N4OS. The van der Waals surface area contributed by atoms with E-state index in [0.29, 0.717) is 6.42 Å². The van der Waals surface area contributed by atoms with Crippen molar-refractivity contribution in [2.24, 2.45) is 4.99 Å². The van der Waals surface area contributed by atoms with Gasteiger partial charge in [0.25, 0.3) is 0 Å². The topological polar surface area (TPSA) is 56.7 Å². The van der Waals surface area contributed by atoms with Gasteiger partial charge in [-0.1, -0.05) is 36.4 Å². The van der Waals surface area contributed by atoms with Gasteiger partial charge in [-0.15, -0.1) is 11.8 Å². The number of carbonyl (C=O) groups is 1. The van der Waals surface area contributed by atoms with E-state index in [1.165, 1.54) is 27.1 Å². The second kappa shape index (κ2) is 10.3. The maximum atomic E-state index is 12.5. The van der Waals surface area contributed by atoms with Crippen LogP contribution in [-0.4, -0.2) is 36.6 Å². The fourth-order valence-electron chi connectivity index (χ4n) is 3.51. The molecular weight excluding hydrogens is 380 g/mol. The molecule has 0 saturated carbocycles. The van der Waals surface area contributed by atoms with Crippen molar-refractivity contribution < 1.29 is 4.79 Å². The zero-order chi connectivity index (χ0) is 20.6. The average molecular weight is 411 g/mol. The van der Waals surface area contributed by atoms with Crippen molar-refractivity contribution in [2.75, 3.05) is 19.8 Å². The van der Waals surface area contributed by atoms with Crippen molar-refractivity contribution in [1.29, 1.82) is 0 Å². The largest absolute Gasteiger partial charge is 0.356 e. The van der Waals surface area contributed by atoms with Crippen LogP contribution in [0.3, 0.4) is 0 Å². The molecule has 0 fully saturated rings. The van der Waals surface area contributed by atoms with Gasteiger partial charge in [0, 0.05) is 44.5 Å². The Balaban J connectivity index is 1.39. The highest BCUT2D eigenvalue weighted by atomic mass is 32.2. The number of nitrogens with zero attached hydrogens (tertiary/aromatic N) is 2. The summed E-state index contributed by atoms with van der Waals surface area (Å²) in [6.45, 7) is 5.02. The molecule has 1 amide bonds. The van der Waals surface area contributed by atoms with Gasteiger partial charge < -0.3 is 15.5 Å². The number of fused-ring (bicyclic) bond motifs is 1. The van der Waals surface area contributed by atoms with E-state index in [1.54, 1.807) is 18.8 Å². The first kappa shape index (κ1) is 21.2. The molecule has 1 aliphatic rings. The predicted molar refractivity (Wildman–Crippen MR) is 121 cm³/mol. The molecule has 0 aromatic heterocycles. The number of benzene rings is 2. The first-order valence-electron chi connectivity index (χ1n) is 10.0. The normalized spacial score (nSPS) is 13.3. The Morgan fingerprint density at radius 3 is 2.52 bits per heavy atom. The number of rotatable bonds is 7. The SMILES string of the molecule is CN=C(NCCCC(=O)N1Cc2ccccc2C1)NCc1ccc(C)cc1SC. The van der Waals surface area contributed by atoms with Gasteiger partial charge in [-0.05, 0) is 47.9 Å². The van der Waals surface area contributed by atoms with E-state index in [9.17, 15) is 4.79 Å². The van der Waals surface area contributed by atoms with Crippen LogP contribution in [0.2, 0.25) is 0 Å². The lowest BCUT2D eigenvalue weighted by atomic mass is 10.1. The van der Waals surface area contributed by atoms with E-state index < -0.39 is 0 Å². The van der Waals surface area contributed by atoms with Gasteiger partial charge in [0.15, 0.2) is 5.96 Å². The van der Waals surface area contributed by atoms with Crippen LogP contribution < -0.4 is 10.6 Å². The van der Waals surface area contributed by atoms with Crippen LogP contribution in [0.25, 0.3) is 0 Å². The first-order valence-corrected chi connectivity index (χ1v) is 11.3. The van der Waals surface area contributed by atoms with Crippen LogP contribution in [0.15, 0.2) is 52.4 Å². The van der Waals surface area contributed by atoms with Crippen molar-refractivity contribution >= 4 is 23.6 Å².